The smallest absolute Gasteiger partial charge is 0.0702 e. The maximum absolute atomic E-state index is 5.92. The van der Waals surface area contributed by atoms with Crippen molar-refractivity contribution in [3.8, 4) is 0 Å². The normalized spacial score (nSPS) is 12.5. The van der Waals surface area contributed by atoms with Crippen LogP contribution >= 0.6 is 11.6 Å². The summed E-state index contributed by atoms with van der Waals surface area (Å²) >= 11 is 5.92. The van der Waals surface area contributed by atoms with E-state index < -0.39 is 0 Å². The van der Waals surface area contributed by atoms with Gasteiger partial charge in [0, 0.05) is 29.2 Å². The number of nitrogens with zero attached hydrogens (tertiary/aromatic N) is 1. The van der Waals surface area contributed by atoms with E-state index in [2.05, 4.69) is 53.6 Å². The number of rotatable bonds is 4. The van der Waals surface area contributed by atoms with Gasteiger partial charge >= 0.3 is 0 Å². The number of hydrogen-bond acceptors (Lipinski definition) is 2. The Morgan fingerprint density at radius 1 is 1.10 bits per heavy atom. The highest BCUT2D eigenvalue weighted by molar-refractivity contribution is 6.30. The average molecular weight is 297 g/mol. The van der Waals surface area contributed by atoms with Crippen LogP contribution in [-0.2, 0) is 6.54 Å². The topological polar surface area (TPSA) is 24.9 Å². The maximum Gasteiger partial charge on any atom is 0.0702 e. The predicted molar refractivity (Wildman–Crippen MR) is 88.4 cm³/mol. The Labute approximate surface area is 129 Å². The molecular weight excluding hydrogens is 280 g/mol. The summed E-state index contributed by atoms with van der Waals surface area (Å²) in [5.41, 5.74) is 3.53. The molecule has 21 heavy (non-hydrogen) atoms. The first-order valence-electron chi connectivity index (χ1n) is 7.05. The minimum absolute atomic E-state index is 0.284. The molecule has 0 spiro atoms. The Hall–Kier alpha value is -1.90. The Balaban J connectivity index is 1.69. The molecule has 0 amide bonds. The zero-order valence-electron chi connectivity index (χ0n) is 11.9. The Morgan fingerprint density at radius 3 is 2.71 bits per heavy atom. The van der Waals surface area contributed by atoms with Gasteiger partial charge in [0.25, 0.3) is 0 Å². The van der Waals surface area contributed by atoms with Crippen LogP contribution in [0, 0.1) is 0 Å². The van der Waals surface area contributed by atoms with Gasteiger partial charge in [0.2, 0.25) is 0 Å². The minimum Gasteiger partial charge on any atom is -0.306 e. The van der Waals surface area contributed by atoms with E-state index in [9.17, 15) is 0 Å². The van der Waals surface area contributed by atoms with Crippen LogP contribution in [0.3, 0.4) is 0 Å². The van der Waals surface area contributed by atoms with Crippen LogP contribution in [0.4, 0.5) is 0 Å². The zero-order valence-corrected chi connectivity index (χ0v) is 12.6. The lowest BCUT2D eigenvalue weighted by Crippen LogP contribution is -2.17. The van der Waals surface area contributed by atoms with Gasteiger partial charge in [-0.05, 0) is 48.4 Å². The molecule has 2 nitrogen and oxygen atoms in total. The molecule has 1 atom stereocenters. The molecule has 0 fully saturated rings. The predicted octanol–water partition coefficient (Wildman–Crippen LogP) is 4.74. The van der Waals surface area contributed by atoms with Crippen LogP contribution in [0.5, 0.6) is 0 Å². The first-order chi connectivity index (χ1) is 10.2. The molecule has 3 aromatic rings. The SMILES string of the molecule is C[C@@H](NCc1ccc2ncccc2c1)c1ccc(Cl)cc1. The summed E-state index contributed by atoms with van der Waals surface area (Å²) in [7, 11) is 0. The molecule has 0 saturated carbocycles. The molecule has 0 aliphatic rings. The third-order valence-corrected chi connectivity index (χ3v) is 3.90. The second kappa shape index (κ2) is 6.25. The van der Waals surface area contributed by atoms with Gasteiger partial charge in [0.15, 0.2) is 0 Å². The fraction of sp³-hybridized carbons (Fsp3) is 0.167. The number of nitrogens with one attached hydrogen (secondary N) is 1. The Morgan fingerprint density at radius 2 is 1.90 bits per heavy atom. The number of fused-ring (bicyclic) bond motifs is 1. The molecule has 3 rings (SSSR count). The number of benzene rings is 2. The van der Waals surface area contributed by atoms with E-state index in [0.29, 0.717) is 0 Å². The summed E-state index contributed by atoms with van der Waals surface area (Å²) < 4.78 is 0. The van der Waals surface area contributed by atoms with Crippen molar-refractivity contribution >= 4 is 22.5 Å². The highest BCUT2D eigenvalue weighted by Gasteiger charge is 2.05. The molecule has 0 radical (unpaired) electrons. The van der Waals surface area contributed by atoms with E-state index >= 15 is 0 Å². The van der Waals surface area contributed by atoms with Crippen molar-refractivity contribution in [1.82, 2.24) is 10.3 Å². The molecule has 0 aliphatic heterocycles. The van der Waals surface area contributed by atoms with E-state index in [1.807, 2.05) is 24.4 Å². The van der Waals surface area contributed by atoms with E-state index in [4.69, 9.17) is 11.6 Å². The van der Waals surface area contributed by atoms with Gasteiger partial charge in [-0.1, -0.05) is 35.9 Å². The van der Waals surface area contributed by atoms with Gasteiger partial charge in [-0.25, -0.2) is 0 Å². The fourth-order valence-corrected chi connectivity index (χ4v) is 2.50. The zero-order chi connectivity index (χ0) is 14.7. The van der Waals surface area contributed by atoms with Crippen molar-refractivity contribution in [2.24, 2.45) is 0 Å². The van der Waals surface area contributed by atoms with Crippen LogP contribution in [0.15, 0.2) is 60.8 Å². The Kier molecular flexibility index (Phi) is 4.18. The molecule has 1 aromatic heterocycles. The molecule has 0 aliphatic carbocycles. The molecular formula is C18H17ClN2. The fourth-order valence-electron chi connectivity index (χ4n) is 2.38. The molecule has 0 saturated heterocycles. The monoisotopic (exact) mass is 296 g/mol. The summed E-state index contributed by atoms with van der Waals surface area (Å²) in [4.78, 5) is 4.34. The summed E-state index contributed by atoms with van der Waals surface area (Å²) in [6.45, 7) is 2.99. The van der Waals surface area contributed by atoms with Crippen molar-refractivity contribution in [2.45, 2.75) is 19.5 Å². The van der Waals surface area contributed by atoms with Crippen molar-refractivity contribution in [1.29, 1.82) is 0 Å². The van der Waals surface area contributed by atoms with Crippen molar-refractivity contribution in [3.05, 3.63) is 76.9 Å². The maximum atomic E-state index is 5.92. The summed E-state index contributed by atoms with van der Waals surface area (Å²) in [5.74, 6) is 0. The molecule has 3 heteroatoms. The van der Waals surface area contributed by atoms with E-state index in [1.165, 1.54) is 16.5 Å². The number of halogens is 1. The first kappa shape index (κ1) is 14.1. The summed E-state index contributed by atoms with van der Waals surface area (Å²) in [5, 5.41) is 5.48. The van der Waals surface area contributed by atoms with Gasteiger partial charge < -0.3 is 5.32 Å². The number of hydrogen-bond donors (Lipinski definition) is 1. The minimum atomic E-state index is 0.284. The molecule has 1 heterocycles. The molecule has 0 bridgehead atoms. The summed E-state index contributed by atoms with van der Waals surface area (Å²) in [6, 6.07) is 18.7. The van der Waals surface area contributed by atoms with Gasteiger partial charge in [0.05, 0.1) is 5.52 Å². The van der Waals surface area contributed by atoms with E-state index in [-0.39, 0.29) is 6.04 Å². The van der Waals surface area contributed by atoms with Crippen LogP contribution in [0.1, 0.15) is 24.1 Å². The van der Waals surface area contributed by atoms with Gasteiger partial charge in [0.1, 0.15) is 0 Å². The van der Waals surface area contributed by atoms with Crippen LogP contribution < -0.4 is 5.32 Å². The lowest BCUT2D eigenvalue weighted by atomic mass is 10.1. The third-order valence-electron chi connectivity index (χ3n) is 3.65. The van der Waals surface area contributed by atoms with Crippen molar-refractivity contribution < 1.29 is 0 Å². The van der Waals surface area contributed by atoms with Crippen LogP contribution in [-0.4, -0.2) is 4.98 Å². The average Bonchev–Trinajstić information content (AvgIpc) is 2.53. The van der Waals surface area contributed by atoms with Gasteiger partial charge in [-0.15, -0.1) is 0 Å². The standard InChI is InChI=1S/C18H17ClN2/c1-13(15-5-7-17(19)8-6-15)21-12-14-4-9-18-16(11-14)3-2-10-20-18/h2-11,13,21H,12H2,1H3/t13-/m1/s1. The second-order valence-corrected chi connectivity index (χ2v) is 5.62. The first-order valence-corrected chi connectivity index (χ1v) is 7.43. The highest BCUT2D eigenvalue weighted by Crippen LogP contribution is 2.18. The van der Waals surface area contributed by atoms with Crippen LogP contribution in [0.25, 0.3) is 10.9 Å². The lowest BCUT2D eigenvalue weighted by Gasteiger charge is -2.14. The molecule has 2 aromatic carbocycles. The van der Waals surface area contributed by atoms with Gasteiger partial charge in [-0.3, -0.25) is 4.98 Å². The quantitative estimate of drug-likeness (QED) is 0.752. The number of pyridine rings is 1. The van der Waals surface area contributed by atoms with E-state index in [1.54, 1.807) is 0 Å². The van der Waals surface area contributed by atoms with Crippen molar-refractivity contribution in [2.75, 3.05) is 0 Å². The number of aromatic nitrogens is 1. The molecule has 106 valence electrons. The highest BCUT2D eigenvalue weighted by atomic mass is 35.5. The molecule has 0 unspecified atom stereocenters. The van der Waals surface area contributed by atoms with Crippen molar-refractivity contribution in [3.63, 3.8) is 0 Å². The third kappa shape index (κ3) is 3.41. The van der Waals surface area contributed by atoms with Gasteiger partial charge in [-0.2, -0.15) is 0 Å². The molecule has 1 N–H and O–H groups in total. The van der Waals surface area contributed by atoms with Crippen LogP contribution in [0.2, 0.25) is 5.02 Å². The second-order valence-electron chi connectivity index (χ2n) is 5.18. The largest absolute Gasteiger partial charge is 0.306 e. The summed E-state index contributed by atoms with van der Waals surface area (Å²) in [6.07, 6.45) is 1.82. The Bertz CT molecular complexity index is 738. The van der Waals surface area contributed by atoms with E-state index in [0.717, 1.165) is 17.1 Å². The lowest BCUT2D eigenvalue weighted by molar-refractivity contribution is 0.575.